The Hall–Kier alpha value is -3.60. The van der Waals surface area contributed by atoms with E-state index in [-0.39, 0.29) is 18.6 Å². The summed E-state index contributed by atoms with van der Waals surface area (Å²) >= 11 is 1.63. The molecule has 2 aromatic carbocycles. The molecule has 4 aromatic rings. The molecule has 0 radical (unpaired) electrons. The van der Waals surface area contributed by atoms with Gasteiger partial charge in [-0.05, 0) is 41.3 Å². The molecule has 0 atom stereocenters. The largest absolute Gasteiger partial charge is 0.378 e. The molecular formula is C28H26N4O2S. The fraction of sp³-hybridized carbons (Fsp3) is 0.286. The number of Topliss-reactive ketones (excluding diaryl/α,β-unsaturated/α-hetero) is 1. The maximum Gasteiger partial charge on any atom is 0.151 e. The van der Waals surface area contributed by atoms with Crippen LogP contribution >= 0.6 is 11.3 Å². The molecule has 6 nitrogen and oxygen atoms in total. The van der Waals surface area contributed by atoms with Crippen LogP contribution in [-0.4, -0.2) is 42.1 Å². The first-order chi connectivity index (χ1) is 17.1. The van der Waals surface area contributed by atoms with Crippen molar-refractivity contribution in [3.8, 4) is 17.2 Å². The Morgan fingerprint density at radius 2 is 1.89 bits per heavy atom. The van der Waals surface area contributed by atoms with E-state index in [2.05, 4.69) is 52.5 Å². The highest BCUT2D eigenvalue weighted by molar-refractivity contribution is 7.17. The molecule has 0 amide bonds. The Balaban J connectivity index is 1.39. The molecule has 0 bridgehead atoms. The summed E-state index contributed by atoms with van der Waals surface area (Å²) in [6.07, 6.45) is 2.78. The third-order valence-electron chi connectivity index (χ3n) is 6.31. The van der Waals surface area contributed by atoms with Gasteiger partial charge in [0.2, 0.25) is 0 Å². The molecule has 1 saturated heterocycles. The first-order valence-electron chi connectivity index (χ1n) is 11.7. The van der Waals surface area contributed by atoms with Crippen molar-refractivity contribution in [3.05, 3.63) is 76.6 Å². The van der Waals surface area contributed by atoms with Crippen molar-refractivity contribution in [1.29, 1.82) is 5.26 Å². The second-order valence-electron chi connectivity index (χ2n) is 8.79. The number of ether oxygens (including phenoxy) is 1. The summed E-state index contributed by atoms with van der Waals surface area (Å²) < 4.78 is 6.49. The third-order valence-corrected chi connectivity index (χ3v) is 7.21. The molecule has 1 aliphatic heterocycles. The van der Waals surface area contributed by atoms with Gasteiger partial charge in [0.05, 0.1) is 35.9 Å². The molecule has 0 N–H and O–H groups in total. The molecule has 3 heterocycles. The zero-order chi connectivity index (χ0) is 24.2. The number of nitriles is 1. The van der Waals surface area contributed by atoms with E-state index in [1.165, 1.54) is 11.3 Å². The number of aryl methyl sites for hydroxylation is 1. The van der Waals surface area contributed by atoms with Crippen LogP contribution in [0, 0.1) is 18.3 Å². The predicted octanol–water partition coefficient (Wildman–Crippen LogP) is 5.12. The highest BCUT2D eigenvalue weighted by atomic mass is 32.1. The number of carbonyl (C=O) groups is 1. The fourth-order valence-corrected chi connectivity index (χ4v) is 5.28. The van der Waals surface area contributed by atoms with E-state index in [1.807, 2.05) is 24.4 Å². The molecule has 0 spiro atoms. The van der Waals surface area contributed by atoms with Crippen molar-refractivity contribution in [2.75, 3.05) is 31.2 Å². The van der Waals surface area contributed by atoms with Crippen molar-refractivity contribution in [2.45, 2.75) is 26.2 Å². The number of thiophene rings is 1. The number of benzene rings is 2. The summed E-state index contributed by atoms with van der Waals surface area (Å²) in [5.41, 5.74) is 7.50. The van der Waals surface area contributed by atoms with E-state index in [9.17, 15) is 4.79 Å². The number of nitrogens with zero attached hydrogens (tertiary/aromatic N) is 4. The van der Waals surface area contributed by atoms with Gasteiger partial charge in [-0.15, -0.1) is 11.3 Å². The summed E-state index contributed by atoms with van der Waals surface area (Å²) in [4.78, 5) is 23.9. The molecule has 0 aliphatic carbocycles. The predicted molar refractivity (Wildman–Crippen MR) is 139 cm³/mol. The zero-order valence-electron chi connectivity index (χ0n) is 19.7. The maximum atomic E-state index is 12.0. The van der Waals surface area contributed by atoms with Crippen molar-refractivity contribution in [3.63, 3.8) is 0 Å². The lowest BCUT2D eigenvalue weighted by molar-refractivity contribution is -0.117. The van der Waals surface area contributed by atoms with Gasteiger partial charge in [0, 0.05) is 48.8 Å². The highest BCUT2D eigenvalue weighted by Crippen LogP contribution is 2.35. The Bertz CT molecular complexity index is 1400. The van der Waals surface area contributed by atoms with Crippen LogP contribution < -0.4 is 4.90 Å². The monoisotopic (exact) mass is 482 g/mol. The first kappa shape index (κ1) is 23.2. The van der Waals surface area contributed by atoms with Crippen molar-refractivity contribution < 1.29 is 9.53 Å². The van der Waals surface area contributed by atoms with Crippen LogP contribution in [0.3, 0.4) is 0 Å². The van der Waals surface area contributed by atoms with Crippen LogP contribution in [0.25, 0.3) is 21.3 Å². The Morgan fingerprint density at radius 3 is 2.66 bits per heavy atom. The molecule has 0 unspecified atom stereocenters. The van der Waals surface area contributed by atoms with E-state index in [4.69, 9.17) is 15.0 Å². The lowest BCUT2D eigenvalue weighted by Crippen LogP contribution is -2.36. The lowest BCUT2D eigenvalue weighted by Gasteiger charge is -2.28. The van der Waals surface area contributed by atoms with Gasteiger partial charge in [0.1, 0.15) is 5.82 Å². The minimum atomic E-state index is -0.0678. The minimum Gasteiger partial charge on any atom is -0.378 e. The average Bonchev–Trinajstić information content (AvgIpc) is 3.29. The lowest BCUT2D eigenvalue weighted by atomic mass is 9.97. The van der Waals surface area contributed by atoms with Gasteiger partial charge < -0.3 is 9.64 Å². The Morgan fingerprint density at radius 1 is 1.11 bits per heavy atom. The van der Waals surface area contributed by atoms with Crippen molar-refractivity contribution in [2.24, 2.45) is 0 Å². The standard InChI is InChI=1S/C28H26N4O2S/c1-19-2-3-21(14-23(33)8-9-29)15-24(19)25-18-35-26-17-30-27(31-28(25)26)16-20-4-6-22(7-5-20)32-10-12-34-13-11-32/h2-7,15,17-18H,8,10-14,16H2,1H3. The smallest absolute Gasteiger partial charge is 0.151 e. The molecule has 176 valence electrons. The number of carbonyl (C=O) groups excluding carboxylic acids is 1. The molecule has 2 aromatic heterocycles. The second-order valence-corrected chi connectivity index (χ2v) is 9.70. The minimum absolute atomic E-state index is 0.0609. The van der Waals surface area contributed by atoms with Crippen molar-refractivity contribution in [1.82, 2.24) is 9.97 Å². The van der Waals surface area contributed by atoms with E-state index >= 15 is 0 Å². The molecule has 1 fully saturated rings. The number of rotatable bonds is 7. The van der Waals surface area contributed by atoms with Crippen LogP contribution in [0.2, 0.25) is 0 Å². The number of hydrogen-bond donors (Lipinski definition) is 0. The van der Waals surface area contributed by atoms with Gasteiger partial charge in [-0.25, -0.2) is 9.97 Å². The maximum absolute atomic E-state index is 12.0. The summed E-state index contributed by atoms with van der Waals surface area (Å²) in [6.45, 7) is 5.46. The van der Waals surface area contributed by atoms with E-state index in [1.54, 1.807) is 11.3 Å². The number of aromatic nitrogens is 2. The van der Waals surface area contributed by atoms with Gasteiger partial charge in [-0.3, -0.25) is 4.79 Å². The van der Waals surface area contributed by atoms with Gasteiger partial charge in [-0.1, -0.05) is 30.3 Å². The zero-order valence-corrected chi connectivity index (χ0v) is 20.5. The number of fused-ring (bicyclic) bond motifs is 1. The first-order valence-corrected chi connectivity index (χ1v) is 12.6. The normalized spacial score (nSPS) is 13.7. The fourth-order valence-electron chi connectivity index (χ4n) is 4.42. The van der Waals surface area contributed by atoms with Crippen LogP contribution in [0.15, 0.2) is 54.0 Å². The Kier molecular flexibility index (Phi) is 6.84. The second kappa shape index (κ2) is 10.3. The summed E-state index contributed by atoms with van der Waals surface area (Å²) in [5, 5.41) is 10.9. The molecule has 35 heavy (non-hydrogen) atoms. The van der Waals surface area contributed by atoms with Gasteiger partial charge >= 0.3 is 0 Å². The highest BCUT2D eigenvalue weighted by Gasteiger charge is 2.15. The van der Waals surface area contributed by atoms with E-state index < -0.39 is 0 Å². The Labute approximate surface area is 208 Å². The van der Waals surface area contributed by atoms with E-state index in [0.29, 0.717) is 6.42 Å². The van der Waals surface area contributed by atoms with E-state index in [0.717, 1.165) is 64.6 Å². The SMILES string of the molecule is Cc1ccc(CC(=O)CC#N)cc1-c1csc2cnc(Cc3ccc(N4CCOCC4)cc3)nc12. The average molecular weight is 483 g/mol. The van der Waals surface area contributed by atoms with Gasteiger partial charge in [0.15, 0.2) is 5.78 Å². The summed E-state index contributed by atoms with van der Waals surface area (Å²) in [5.74, 6) is 0.719. The molecule has 7 heteroatoms. The number of hydrogen-bond acceptors (Lipinski definition) is 7. The van der Waals surface area contributed by atoms with Gasteiger partial charge in [-0.2, -0.15) is 5.26 Å². The van der Waals surface area contributed by atoms with Gasteiger partial charge in [0.25, 0.3) is 0 Å². The molecule has 0 saturated carbocycles. The van der Waals surface area contributed by atoms with Crippen LogP contribution in [-0.2, 0) is 22.4 Å². The number of morpholine rings is 1. The molecule has 5 rings (SSSR count). The number of anilines is 1. The summed E-state index contributed by atoms with van der Waals surface area (Å²) in [6, 6.07) is 16.6. The quantitative estimate of drug-likeness (QED) is 0.364. The molecule has 1 aliphatic rings. The van der Waals surface area contributed by atoms with Crippen LogP contribution in [0.1, 0.15) is 28.9 Å². The third kappa shape index (κ3) is 5.24. The topological polar surface area (TPSA) is 79.1 Å². The van der Waals surface area contributed by atoms with Crippen LogP contribution in [0.4, 0.5) is 5.69 Å². The number of ketones is 1. The molecular weight excluding hydrogens is 456 g/mol. The van der Waals surface area contributed by atoms with Crippen molar-refractivity contribution >= 4 is 33.0 Å². The van der Waals surface area contributed by atoms with Crippen LogP contribution in [0.5, 0.6) is 0 Å². The summed E-state index contributed by atoms with van der Waals surface area (Å²) in [7, 11) is 0.